The van der Waals surface area contributed by atoms with Crippen LogP contribution in [0.3, 0.4) is 0 Å². The zero-order valence-electron chi connectivity index (χ0n) is 11.1. The Hall–Kier alpha value is -0.320. The van der Waals surface area contributed by atoms with Gasteiger partial charge in [0.05, 0.1) is 9.50 Å². The molecule has 0 aliphatic carbocycles. The Kier molecular flexibility index (Phi) is 4.19. The molecule has 1 saturated heterocycles. The first-order chi connectivity index (χ1) is 8.38. The van der Waals surface area contributed by atoms with Crippen molar-refractivity contribution in [3.63, 3.8) is 0 Å². The molecule has 3 nitrogen and oxygen atoms in total. The van der Waals surface area contributed by atoms with Crippen LogP contribution >= 0.6 is 27.5 Å². The van der Waals surface area contributed by atoms with E-state index in [0.717, 1.165) is 36.5 Å². The Morgan fingerprint density at radius 2 is 1.83 bits per heavy atom. The monoisotopic (exact) mass is 331 g/mol. The van der Waals surface area contributed by atoms with E-state index < -0.39 is 0 Å². The zero-order valence-corrected chi connectivity index (χ0v) is 13.4. The molecule has 0 spiro atoms. The summed E-state index contributed by atoms with van der Waals surface area (Å²) in [6, 6.07) is 1.90. The van der Waals surface area contributed by atoms with Gasteiger partial charge in [-0.2, -0.15) is 0 Å². The van der Waals surface area contributed by atoms with E-state index >= 15 is 0 Å². The van der Waals surface area contributed by atoms with E-state index in [0.29, 0.717) is 5.02 Å². The van der Waals surface area contributed by atoms with Crippen molar-refractivity contribution in [2.45, 2.75) is 26.3 Å². The Labute approximate surface area is 122 Å². The van der Waals surface area contributed by atoms with Crippen molar-refractivity contribution in [2.75, 3.05) is 31.1 Å². The summed E-state index contributed by atoms with van der Waals surface area (Å²) in [6.45, 7) is 10.9. The lowest BCUT2D eigenvalue weighted by atomic mass is 10.1. The maximum atomic E-state index is 5.92. The minimum atomic E-state index is 0.247. The molecule has 0 unspecified atom stereocenters. The number of pyridine rings is 1. The molecule has 2 rings (SSSR count). The molecule has 1 aliphatic heterocycles. The molecule has 0 aromatic carbocycles. The summed E-state index contributed by atoms with van der Waals surface area (Å²) >= 11 is 9.45. The molecule has 18 heavy (non-hydrogen) atoms. The van der Waals surface area contributed by atoms with Gasteiger partial charge in [0.2, 0.25) is 0 Å². The van der Waals surface area contributed by atoms with Gasteiger partial charge in [0, 0.05) is 37.9 Å². The molecule has 1 fully saturated rings. The van der Waals surface area contributed by atoms with Crippen molar-refractivity contribution < 1.29 is 0 Å². The molecule has 0 saturated carbocycles. The topological polar surface area (TPSA) is 19.4 Å². The van der Waals surface area contributed by atoms with Gasteiger partial charge in [0.15, 0.2) is 0 Å². The van der Waals surface area contributed by atoms with Crippen LogP contribution in [0.2, 0.25) is 5.02 Å². The van der Waals surface area contributed by atoms with Gasteiger partial charge in [0.1, 0.15) is 5.82 Å². The molecule has 100 valence electrons. The maximum absolute atomic E-state index is 5.92. The molecule has 1 aliphatic rings. The Morgan fingerprint density at radius 3 is 2.33 bits per heavy atom. The Bertz CT molecular complexity index is 423. The van der Waals surface area contributed by atoms with Crippen LogP contribution in [0.4, 0.5) is 5.82 Å². The number of halogens is 2. The molecular formula is C13H19BrClN3. The highest BCUT2D eigenvalue weighted by Gasteiger charge is 2.26. The fraction of sp³-hybridized carbons (Fsp3) is 0.615. The normalized spacial score (nSPS) is 18.2. The van der Waals surface area contributed by atoms with Crippen LogP contribution < -0.4 is 4.90 Å². The predicted octanol–water partition coefficient (Wildman–Crippen LogP) is 3.42. The van der Waals surface area contributed by atoms with Gasteiger partial charge in [-0.15, -0.1) is 0 Å². The molecule has 1 aromatic heterocycles. The average Bonchev–Trinajstić information content (AvgIpc) is 2.28. The second kappa shape index (κ2) is 5.35. The highest BCUT2D eigenvalue weighted by molar-refractivity contribution is 9.10. The number of aromatic nitrogens is 1. The molecule has 5 heteroatoms. The van der Waals surface area contributed by atoms with Crippen LogP contribution in [-0.4, -0.2) is 41.6 Å². The second-order valence-electron chi connectivity index (χ2n) is 5.60. The van der Waals surface area contributed by atoms with E-state index in [-0.39, 0.29) is 5.54 Å². The minimum absolute atomic E-state index is 0.247. The standard InChI is InChI=1S/C13H19BrClN3/c1-13(2,3)18-6-4-17(5-7-18)12-11(14)8-10(15)9-16-12/h8-9H,4-7H2,1-3H3. The van der Waals surface area contributed by atoms with Gasteiger partial charge >= 0.3 is 0 Å². The summed E-state index contributed by atoms with van der Waals surface area (Å²) in [5.74, 6) is 0.993. The largest absolute Gasteiger partial charge is 0.353 e. The summed E-state index contributed by atoms with van der Waals surface area (Å²) < 4.78 is 0.971. The first-order valence-corrected chi connectivity index (χ1v) is 7.36. The van der Waals surface area contributed by atoms with E-state index in [1.165, 1.54) is 0 Å². The summed E-state index contributed by atoms with van der Waals surface area (Å²) in [4.78, 5) is 9.23. The number of rotatable bonds is 1. The van der Waals surface area contributed by atoms with Crippen molar-refractivity contribution in [3.05, 3.63) is 21.8 Å². The summed E-state index contributed by atoms with van der Waals surface area (Å²) in [6.07, 6.45) is 1.71. The van der Waals surface area contributed by atoms with E-state index in [1.54, 1.807) is 6.20 Å². The van der Waals surface area contributed by atoms with Gasteiger partial charge in [0.25, 0.3) is 0 Å². The van der Waals surface area contributed by atoms with Crippen LogP contribution in [0.5, 0.6) is 0 Å². The lowest BCUT2D eigenvalue weighted by Gasteiger charge is -2.42. The first kappa shape index (κ1) is 14.1. The van der Waals surface area contributed by atoms with Crippen LogP contribution in [0.1, 0.15) is 20.8 Å². The number of hydrogen-bond acceptors (Lipinski definition) is 3. The van der Waals surface area contributed by atoms with E-state index in [1.807, 2.05) is 6.07 Å². The highest BCUT2D eigenvalue weighted by atomic mass is 79.9. The predicted molar refractivity (Wildman–Crippen MR) is 80.5 cm³/mol. The van der Waals surface area contributed by atoms with Crippen molar-refractivity contribution in [1.29, 1.82) is 0 Å². The van der Waals surface area contributed by atoms with Crippen LogP contribution in [-0.2, 0) is 0 Å². The molecule has 1 aromatic rings. The Morgan fingerprint density at radius 1 is 1.22 bits per heavy atom. The fourth-order valence-electron chi connectivity index (χ4n) is 2.23. The molecule has 0 bridgehead atoms. The molecule has 0 atom stereocenters. The average molecular weight is 333 g/mol. The SMILES string of the molecule is CC(C)(C)N1CCN(c2ncc(Cl)cc2Br)CC1. The molecule has 0 amide bonds. The van der Waals surface area contributed by atoms with Crippen molar-refractivity contribution in [3.8, 4) is 0 Å². The first-order valence-electron chi connectivity index (χ1n) is 6.19. The molecule has 2 heterocycles. The minimum Gasteiger partial charge on any atom is -0.353 e. The smallest absolute Gasteiger partial charge is 0.143 e. The number of piperazine rings is 1. The quantitative estimate of drug-likeness (QED) is 0.785. The molecular weight excluding hydrogens is 314 g/mol. The van der Waals surface area contributed by atoms with Gasteiger partial charge < -0.3 is 4.90 Å². The van der Waals surface area contributed by atoms with E-state index in [2.05, 4.69) is 51.5 Å². The third-order valence-corrected chi connectivity index (χ3v) is 4.11. The van der Waals surface area contributed by atoms with Crippen LogP contribution in [0.25, 0.3) is 0 Å². The van der Waals surface area contributed by atoms with Gasteiger partial charge in [-0.3, -0.25) is 4.90 Å². The summed E-state index contributed by atoms with van der Waals surface area (Å²) in [5, 5.41) is 0.666. The van der Waals surface area contributed by atoms with Gasteiger partial charge in [-0.1, -0.05) is 11.6 Å². The second-order valence-corrected chi connectivity index (χ2v) is 6.89. The number of anilines is 1. The van der Waals surface area contributed by atoms with Crippen LogP contribution in [0.15, 0.2) is 16.7 Å². The van der Waals surface area contributed by atoms with Gasteiger partial charge in [-0.25, -0.2) is 4.98 Å². The fourth-order valence-corrected chi connectivity index (χ4v) is 3.12. The number of hydrogen-bond donors (Lipinski definition) is 0. The third kappa shape index (κ3) is 3.16. The van der Waals surface area contributed by atoms with E-state index in [9.17, 15) is 0 Å². The Balaban J connectivity index is 2.06. The maximum Gasteiger partial charge on any atom is 0.143 e. The van der Waals surface area contributed by atoms with Crippen molar-refractivity contribution >= 4 is 33.3 Å². The van der Waals surface area contributed by atoms with E-state index in [4.69, 9.17) is 11.6 Å². The van der Waals surface area contributed by atoms with Crippen LogP contribution in [0, 0.1) is 0 Å². The molecule has 0 radical (unpaired) electrons. The highest BCUT2D eigenvalue weighted by Crippen LogP contribution is 2.28. The lowest BCUT2D eigenvalue weighted by molar-refractivity contribution is 0.128. The summed E-state index contributed by atoms with van der Waals surface area (Å²) in [5.41, 5.74) is 0.247. The zero-order chi connectivity index (χ0) is 13.3. The number of nitrogens with zero attached hydrogens (tertiary/aromatic N) is 3. The van der Waals surface area contributed by atoms with Gasteiger partial charge in [-0.05, 0) is 42.8 Å². The van der Waals surface area contributed by atoms with Crippen molar-refractivity contribution in [2.24, 2.45) is 0 Å². The lowest BCUT2D eigenvalue weighted by Crippen LogP contribution is -2.53. The summed E-state index contributed by atoms with van der Waals surface area (Å²) in [7, 11) is 0. The molecule has 0 N–H and O–H groups in total. The van der Waals surface area contributed by atoms with Crippen molar-refractivity contribution in [1.82, 2.24) is 9.88 Å². The third-order valence-electron chi connectivity index (χ3n) is 3.32.